The van der Waals surface area contributed by atoms with Crippen molar-refractivity contribution in [1.29, 1.82) is 0 Å². The van der Waals surface area contributed by atoms with Crippen LogP contribution >= 0.6 is 11.3 Å². The van der Waals surface area contributed by atoms with Crippen LogP contribution in [0.2, 0.25) is 0 Å². The number of anilines is 1. The Balaban J connectivity index is 1.32. The van der Waals surface area contributed by atoms with Crippen molar-refractivity contribution in [3.05, 3.63) is 46.2 Å². The molecule has 0 bridgehead atoms. The summed E-state index contributed by atoms with van der Waals surface area (Å²) < 4.78 is 34.0. The minimum absolute atomic E-state index is 0.144. The van der Waals surface area contributed by atoms with E-state index >= 15 is 0 Å². The fourth-order valence-corrected chi connectivity index (χ4v) is 7.70. The molecule has 3 aromatic rings. The van der Waals surface area contributed by atoms with Crippen molar-refractivity contribution < 1.29 is 17.7 Å². The van der Waals surface area contributed by atoms with Gasteiger partial charge in [-0.05, 0) is 64.2 Å². The lowest BCUT2D eigenvalue weighted by atomic mass is 9.85. The van der Waals surface area contributed by atoms with Crippen LogP contribution in [0, 0.1) is 26.7 Å². The topological polar surface area (TPSA) is 105 Å². The van der Waals surface area contributed by atoms with E-state index in [4.69, 9.17) is 4.52 Å². The normalized spacial score (nSPS) is 19.5. The summed E-state index contributed by atoms with van der Waals surface area (Å²) in [6.45, 7) is 6.32. The average Bonchev–Trinajstić information content (AvgIpc) is 3.42. The molecule has 8 nitrogen and oxygen atoms in total. The molecule has 1 aliphatic carbocycles. The number of benzene rings is 1. The highest BCUT2D eigenvalue weighted by atomic mass is 32.2. The Labute approximate surface area is 209 Å². The van der Waals surface area contributed by atoms with Crippen LogP contribution in [-0.4, -0.2) is 41.9 Å². The number of piperidine rings is 1. The van der Waals surface area contributed by atoms with Gasteiger partial charge in [0.15, 0.2) is 0 Å². The summed E-state index contributed by atoms with van der Waals surface area (Å²) in [6, 6.07) is 7.51. The van der Waals surface area contributed by atoms with Crippen molar-refractivity contribution in [2.75, 3.05) is 18.4 Å². The van der Waals surface area contributed by atoms with Crippen LogP contribution in [0.4, 0.5) is 5.69 Å². The lowest BCUT2D eigenvalue weighted by Gasteiger charge is -2.31. The van der Waals surface area contributed by atoms with Gasteiger partial charge in [-0.1, -0.05) is 29.3 Å². The first-order valence-corrected chi connectivity index (χ1v) is 14.3. The van der Waals surface area contributed by atoms with Gasteiger partial charge >= 0.3 is 0 Å². The van der Waals surface area contributed by atoms with Crippen molar-refractivity contribution in [2.45, 2.75) is 63.7 Å². The van der Waals surface area contributed by atoms with Gasteiger partial charge in [-0.25, -0.2) is 8.42 Å². The van der Waals surface area contributed by atoms with Gasteiger partial charge < -0.3 is 9.84 Å². The zero-order valence-electron chi connectivity index (χ0n) is 20.2. The number of amides is 1. The van der Waals surface area contributed by atoms with E-state index in [-0.39, 0.29) is 17.3 Å². The molecule has 186 valence electrons. The first-order chi connectivity index (χ1) is 16.7. The first-order valence-electron chi connectivity index (χ1n) is 12.0. The Bertz CT molecular complexity index is 1360. The summed E-state index contributed by atoms with van der Waals surface area (Å²) >= 11 is 1.35. The zero-order chi connectivity index (χ0) is 24.7. The van der Waals surface area contributed by atoms with Crippen LogP contribution in [0.1, 0.15) is 59.9 Å². The second-order valence-electron chi connectivity index (χ2n) is 9.62. The van der Waals surface area contributed by atoms with E-state index in [2.05, 4.69) is 15.5 Å². The highest BCUT2D eigenvalue weighted by Crippen LogP contribution is 2.38. The second kappa shape index (κ2) is 9.48. The SMILES string of the molecule is Cc1ccc(NC(=O)[C@H]2CCCN(S(=O)(=O)c3cc(-c4noc(C5CCC5)n4)sc3C)C2)c(C)c1. The largest absolute Gasteiger partial charge is 0.339 e. The van der Waals surface area contributed by atoms with Crippen molar-refractivity contribution in [2.24, 2.45) is 5.92 Å². The minimum atomic E-state index is -3.76. The van der Waals surface area contributed by atoms with Gasteiger partial charge in [-0.3, -0.25) is 4.79 Å². The summed E-state index contributed by atoms with van der Waals surface area (Å²) in [7, 11) is -3.76. The van der Waals surface area contributed by atoms with Crippen molar-refractivity contribution in [3.63, 3.8) is 0 Å². The lowest BCUT2D eigenvalue weighted by molar-refractivity contribution is -0.120. The van der Waals surface area contributed by atoms with Gasteiger partial charge in [-0.2, -0.15) is 9.29 Å². The molecule has 1 saturated heterocycles. The summed E-state index contributed by atoms with van der Waals surface area (Å²) in [5.74, 6) is 0.844. The van der Waals surface area contributed by atoms with Gasteiger partial charge in [0.25, 0.3) is 0 Å². The number of nitrogens with zero attached hydrogens (tertiary/aromatic N) is 3. The third-order valence-corrected chi connectivity index (χ3v) is 10.2. The molecule has 2 aliphatic rings. The fraction of sp³-hybridized carbons (Fsp3) is 0.480. The number of carbonyl (C=O) groups excluding carboxylic acids is 1. The molecule has 2 fully saturated rings. The fourth-order valence-electron chi connectivity index (χ4n) is 4.69. The number of thiophene rings is 1. The second-order valence-corrected chi connectivity index (χ2v) is 12.8. The Morgan fingerprint density at radius 2 is 1.94 bits per heavy atom. The van der Waals surface area contributed by atoms with Crippen LogP contribution in [0.25, 0.3) is 10.7 Å². The van der Waals surface area contributed by atoms with E-state index in [9.17, 15) is 13.2 Å². The molecule has 10 heteroatoms. The molecule has 0 spiro atoms. The predicted molar refractivity (Wildman–Crippen MR) is 135 cm³/mol. The van der Waals surface area contributed by atoms with Crippen LogP contribution < -0.4 is 5.32 Å². The van der Waals surface area contributed by atoms with Gasteiger partial charge in [0.1, 0.15) is 0 Å². The molecular weight excluding hydrogens is 484 g/mol. The average molecular weight is 515 g/mol. The summed E-state index contributed by atoms with van der Waals surface area (Å²) in [5, 5.41) is 7.08. The summed E-state index contributed by atoms with van der Waals surface area (Å²) in [4.78, 5) is 19.1. The number of aromatic nitrogens is 2. The molecule has 1 N–H and O–H groups in total. The zero-order valence-corrected chi connectivity index (χ0v) is 21.8. The Hall–Kier alpha value is -2.56. The van der Waals surface area contributed by atoms with E-state index in [1.54, 1.807) is 13.0 Å². The molecule has 1 amide bonds. The van der Waals surface area contributed by atoms with E-state index in [1.807, 2.05) is 32.0 Å². The molecule has 35 heavy (non-hydrogen) atoms. The molecule has 1 saturated carbocycles. The van der Waals surface area contributed by atoms with Gasteiger partial charge in [0, 0.05) is 29.6 Å². The molecular formula is C25H30N4O4S2. The van der Waals surface area contributed by atoms with Crippen molar-refractivity contribution in [3.8, 4) is 10.7 Å². The molecule has 0 radical (unpaired) electrons. The molecule has 0 unspecified atom stereocenters. The number of aryl methyl sites for hydroxylation is 3. The molecule has 3 heterocycles. The highest BCUT2D eigenvalue weighted by Gasteiger charge is 2.35. The maximum Gasteiger partial charge on any atom is 0.244 e. The summed E-state index contributed by atoms with van der Waals surface area (Å²) in [6.07, 6.45) is 4.57. The number of nitrogens with one attached hydrogen (secondary N) is 1. The standard InChI is InChI=1S/C25H30N4O4S2/c1-15-9-10-20(16(2)12-15)26-24(30)19-8-5-11-29(14-19)35(31,32)22-13-21(34-17(22)3)23-27-25(33-28-23)18-6-4-7-18/h9-10,12-13,18-19H,4-8,11,14H2,1-3H3,(H,26,30)/t19-/m0/s1. The van der Waals surface area contributed by atoms with Crippen LogP contribution in [0.5, 0.6) is 0 Å². The molecule has 2 aromatic heterocycles. The Morgan fingerprint density at radius 3 is 2.66 bits per heavy atom. The molecule has 1 aliphatic heterocycles. The molecule has 1 atom stereocenters. The number of carbonyl (C=O) groups is 1. The molecule has 1 aromatic carbocycles. The quantitative estimate of drug-likeness (QED) is 0.495. The Kier molecular flexibility index (Phi) is 6.54. The first kappa shape index (κ1) is 24.1. The van der Waals surface area contributed by atoms with Crippen LogP contribution in [0.3, 0.4) is 0 Å². The maximum atomic E-state index is 13.6. The van der Waals surface area contributed by atoms with E-state index in [0.29, 0.717) is 46.8 Å². The van der Waals surface area contributed by atoms with Gasteiger partial charge in [0.05, 0.1) is 15.7 Å². The van der Waals surface area contributed by atoms with E-state index < -0.39 is 15.9 Å². The van der Waals surface area contributed by atoms with Crippen molar-refractivity contribution in [1.82, 2.24) is 14.4 Å². The van der Waals surface area contributed by atoms with Crippen molar-refractivity contribution >= 4 is 33.0 Å². The smallest absolute Gasteiger partial charge is 0.244 e. The number of sulfonamides is 1. The van der Waals surface area contributed by atoms with Crippen LogP contribution in [0.15, 0.2) is 33.7 Å². The van der Waals surface area contributed by atoms with Gasteiger partial charge in [-0.15, -0.1) is 11.3 Å². The molecule has 5 rings (SSSR count). The predicted octanol–water partition coefficient (Wildman–Crippen LogP) is 5.03. The third kappa shape index (κ3) is 4.79. The lowest BCUT2D eigenvalue weighted by Crippen LogP contribution is -2.43. The summed E-state index contributed by atoms with van der Waals surface area (Å²) in [5.41, 5.74) is 2.88. The van der Waals surface area contributed by atoms with Crippen LogP contribution in [-0.2, 0) is 14.8 Å². The number of rotatable bonds is 6. The maximum absolute atomic E-state index is 13.6. The minimum Gasteiger partial charge on any atom is -0.339 e. The Morgan fingerprint density at radius 1 is 1.14 bits per heavy atom. The monoisotopic (exact) mass is 514 g/mol. The van der Waals surface area contributed by atoms with E-state index in [1.165, 1.54) is 22.1 Å². The van der Waals surface area contributed by atoms with Gasteiger partial charge in [0.2, 0.25) is 27.6 Å². The highest BCUT2D eigenvalue weighted by molar-refractivity contribution is 7.89. The van der Waals surface area contributed by atoms with E-state index in [0.717, 1.165) is 29.7 Å². The number of hydrogen-bond donors (Lipinski definition) is 1. The number of hydrogen-bond acceptors (Lipinski definition) is 7. The third-order valence-electron chi connectivity index (χ3n) is 7.00.